The van der Waals surface area contributed by atoms with Crippen molar-refractivity contribution < 1.29 is 9.84 Å². The van der Waals surface area contributed by atoms with Crippen LogP contribution in [0.1, 0.15) is 29.3 Å². The predicted octanol–water partition coefficient (Wildman–Crippen LogP) is 3.22. The minimum atomic E-state index is -0.110. The number of aromatic nitrogens is 3. The lowest BCUT2D eigenvalue weighted by Crippen LogP contribution is -2.35. The number of aromatic hydroxyl groups is 1. The Balaban J connectivity index is 1.57. The van der Waals surface area contributed by atoms with Crippen molar-refractivity contribution in [1.82, 2.24) is 19.9 Å². The zero-order valence-corrected chi connectivity index (χ0v) is 17.6. The van der Waals surface area contributed by atoms with Crippen LogP contribution in [0.3, 0.4) is 0 Å². The highest BCUT2D eigenvalue weighted by atomic mass is 16.5. The van der Waals surface area contributed by atoms with Crippen LogP contribution in [0.25, 0.3) is 11.4 Å². The molecule has 0 fully saturated rings. The number of fused-ring (bicyclic) bond motifs is 1. The van der Waals surface area contributed by atoms with Crippen molar-refractivity contribution in [3.8, 4) is 22.9 Å². The molecule has 0 saturated heterocycles. The summed E-state index contributed by atoms with van der Waals surface area (Å²) in [5, 5.41) is 10.4. The first-order valence-electron chi connectivity index (χ1n) is 10.4. The van der Waals surface area contributed by atoms with E-state index < -0.39 is 0 Å². The maximum Gasteiger partial charge on any atom is 0.255 e. The van der Waals surface area contributed by atoms with Crippen molar-refractivity contribution in [3.05, 3.63) is 82.1 Å². The van der Waals surface area contributed by atoms with Crippen molar-refractivity contribution in [2.45, 2.75) is 32.9 Å². The molecule has 7 heteroatoms. The molecule has 0 aliphatic carbocycles. The minimum Gasteiger partial charge on any atom is -0.504 e. The monoisotopic (exact) mass is 418 g/mol. The molecule has 4 rings (SSSR count). The summed E-state index contributed by atoms with van der Waals surface area (Å²) in [6.07, 6.45) is 6.41. The third-order valence-electron chi connectivity index (χ3n) is 5.37. The number of H-pyrrole nitrogens is 1. The first-order valence-corrected chi connectivity index (χ1v) is 10.4. The number of nitrogens with zero attached hydrogens (tertiary/aromatic N) is 3. The molecule has 2 N–H and O–H groups in total. The molecule has 1 aliphatic heterocycles. The Morgan fingerprint density at radius 1 is 1.39 bits per heavy atom. The Hall–Kier alpha value is -3.45. The van der Waals surface area contributed by atoms with E-state index in [2.05, 4.69) is 26.4 Å². The van der Waals surface area contributed by atoms with E-state index in [1.54, 1.807) is 18.5 Å². The van der Waals surface area contributed by atoms with Gasteiger partial charge in [-0.3, -0.25) is 14.7 Å². The van der Waals surface area contributed by atoms with E-state index in [1.165, 1.54) is 0 Å². The van der Waals surface area contributed by atoms with Crippen LogP contribution >= 0.6 is 0 Å². The highest BCUT2D eigenvalue weighted by Gasteiger charge is 2.22. The Bertz CT molecular complexity index is 1140. The van der Waals surface area contributed by atoms with Gasteiger partial charge in [-0.25, -0.2) is 4.98 Å². The molecule has 1 aliphatic rings. The van der Waals surface area contributed by atoms with Gasteiger partial charge in [0.25, 0.3) is 5.56 Å². The third kappa shape index (κ3) is 4.51. The van der Waals surface area contributed by atoms with Crippen LogP contribution in [0.2, 0.25) is 0 Å². The Morgan fingerprint density at radius 3 is 3.00 bits per heavy atom. The van der Waals surface area contributed by atoms with Gasteiger partial charge in [0, 0.05) is 49.6 Å². The van der Waals surface area contributed by atoms with Crippen molar-refractivity contribution in [2.24, 2.45) is 0 Å². The van der Waals surface area contributed by atoms with Crippen LogP contribution in [0, 0.1) is 0 Å². The number of phenolic OH excluding ortho intramolecular Hbond substituents is 1. The van der Waals surface area contributed by atoms with Gasteiger partial charge in [0.15, 0.2) is 11.5 Å². The van der Waals surface area contributed by atoms with Gasteiger partial charge in [-0.05, 0) is 37.1 Å². The van der Waals surface area contributed by atoms with Crippen LogP contribution in [0.4, 0.5) is 0 Å². The van der Waals surface area contributed by atoms with Crippen LogP contribution in [-0.2, 0) is 25.9 Å². The number of allylic oxidation sites excluding steroid dienone is 1. The van der Waals surface area contributed by atoms with Gasteiger partial charge in [-0.1, -0.05) is 12.1 Å². The molecular weight excluding hydrogens is 392 g/mol. The predicted molar refractivity (Wildman–Crippen MR) is 119 cm³/mol. The van der Waals surface area contributed by atoms with Crippen LogP contribution in [-0.4, -0.2) is 38.1 Å². The summed E-state index contributed by atoms with van der Waals surface area (Å²) in [7, 11) is 0. The molecule has 3 heterocycles. The molecule has 2 aromatic heterocycles. The van der Waals surface area contributed by atoms with E-state index in [4.69, 9.17) is 4.74 Å². The van der Waals surface area contributed by atoms with Crippen molar-refractivity contribution in [1.29, 1.82) is 0 Å². The van der Waals surface area contributed by atoms with Gasteiger partial charge in [0.05, 0.1) is 17.9 Å². The number of benzene rings is 1. The lowest BCUT2D eigenvalue weighted by molar-refractivity contribution is 0.241. The molecule has 7 nitrogen and oxygen atoms in total. The Morgan fingerprint density at radius 2 is 2.26 bits per heavy atom. The van der Waals surface area contributed by atoms with Crippen molar-refractivity contribution >= 4 is 0 Å². The SMILES string of the molecule is C=CCc1cc(CN2CCc3nc(-c4cccnc4)[nH]c(=O)c3C2)cc(OCC)c1O. The molecule has 1 aromatic carbocycles. The number of hydrogen-bond donors (Lipinski definition) is 2. The average molecular weight is 418 g/mol. The number of aromatic amines is 1. The van der Waals surface area contributed by atoms with Gasteiger partial charge in [-0.15, -0.1) is 6.58 Å². The van der Waals surface area contributed by atoms with Gasteiger partial charge in [-0.2, -0.15) is 0 Å². The van der Waals surface area contributed by atoms with E-state index in [0.29, 0.717) is 49.7 Å². The first-order chi connectivity index (χ1) is 15.1. The van der Waals surface area contributed by atoms with E-state index in [1.807, 2.05) is 31.2 Å². The number of rotatable bonds is 7. The van der Waals surface area contributed by atoms with Crippen molar-refractivity contribution in [2.75, 3.05) is 13.2 Å². The topological polar surface area (TPSA) is 91.3 Å². The number of hydrogen-bond acceptors (Lipinski definition) is 6. The summed E-state index contributed by atoms with van der Waals surface area (Å²) in [6.45, 7) is 8.09. The summed E-state index contributed by atoms with van der Waals surface area (Å²) < 4.78 is 5.61. The van der Waals surface area contributed by atoms with Crippen LogP contribution in [0.5, 0.6) is 11.5 Å². The molecule has 0 atom stereocenters. The standard InChI is InChI=1S/C24H26N4O3/c1-3-6-17-11-16(12-21(22(17)29)31-4-2)14-28-10-8-20-19(15-28)24(30)27-23(26-20)18-7-5-9-25-13-18/h3,5,7,9,11-13,29H,1,4,6,8,10,14-15H2,2H3,(H,26,27,30). The smallest absolute Gasteiger partial charge is 0.255 e. The van der Waals surface area contributed by atoms with Gasteiger partial charge in [0.2, 0.25) is 0 Å². The molecular formula is C24H26N4O3. The second-order valence-corrected chi connectivity index (χ2v) is 7.57. The van der Waals surface area contributed by atoms with Crippen LogP contribution < -0.4 is 10.3 Å². The quantitative estimate of drug-likeness (QED) is 0.573. The maximum absolute atomic E-state index is 12.8. The molecule has 0 unspecified atom stereocenters. The van der Waals surface area contributed by atoms with E-state index in [9.17, 15) is 9.90 Å². The third-order valence-corrected chi connectivity index (χ3v) is 5.37. The van der Waals surface area contributed by atoms with Crippen molar-refractivity contribution in [3.63, 3.8) is 0 Å². The lowest BCUT2D eigenvalue weighted by atomic mass is 10.0. The molecule has 0 saturated carbocycles. The molecule has 31 heavy (non-hydrogen) atoms. The molecule has 0 spiro atoms. The normalized spacial score (nSPS) is 13.6. The largest absolute Gasteiger partial charge is 0.504 e. The van der Waals surface area contributed by atoms with Gasteiger partial charge in [0.1, 0.15) is 5.82 Å². The molecule has 0 bridgehead atoms. The summed E-state index contributed by atoms with van der Waals surface area (Å²) in [6, 6.07) is 7.55. The lowest BCUT2D eigenvalue weighted by Gasteiger charge is -2.28. The second-order valence-electron chi connectivity index (χ2n) is 7.57. The molecule has 0 radical (unpaired) electrons. The fourth-order valence-electron chi connectivity index (χ4n) is 3.91. The highest BCUT2D eigenvalue weighted by Crippen LogP contribution is 2.33. The summed E-state index contributed by atoms with van der Waals surface area (Å²) in [5.74, 6) is 1.20. The second kappa shape index (κ2) is 9.14. The fourth-order valence-corrected chi connectivity index (χ4v) is 3.91. The van der Waals surface area contributed by atoms with E-state index >= 15 is 0 Å². The number of phenols is 1. The van der Waals surface area contributed by atoms with Gasteiger partial charge < -0.3 is 14.8 Å². The number of ether oxygens (including phenoxy) is 1. The molecule has 0 amide bonds. The molecule has 160 valence electrons. The maximum atomic E-state index is 12.8. The fraction of sp³-hybridized carbons (Fsp3) is 0.292. The number of nitrogens with one attached hydrogen (secondary N) is 1. The Labute approximate surface area is 181 Å². The molecule has 3 aromatic rings. The minimum absolute atomic E-state index is 0.110. The summed E-state index contributed by atoms with van der Waals surface area (Å²) in [4.78, 5) is 26.7. The van der Waals surface area contributed by atoms with E-state index in [-0.39, 0.29) is 11.3 Å². The zero-order valence-electron chi connectivity index (χ0n) is 17.6. The van der Waals surface area contributed by atoms with Gasteiger partial charge >= 0.3 is 0 Å². The average Bonchev–Trinajstić information content (AvgIpc) is 2.78. The summed E-state index contributed by atoms with van der Waals surface area (Å²) in [5.41, 5.74) is 4.04. The van der Waals surface area contributed by atoms with E-state index in [0.717, 1.165) is 28.9 Å². The van der Waals surface area contributed by atoms with Crippen LogP contribution in [0.15, 0.2) is 54.1 Å². The first kappa shape index (κ1) is 20.8. The zero-order chi connectivity index (χ0) is 21.8. The highest BCUT2D eigenvalue weighted by molar-refractivity contribution is 5.53. The summed E-state index contributed by atoms with van der Waals surface area (Å²) >= 11 is 0. The number of pyridine rings is 1. The Kier molecular flexibility index (Phi) is 6.13.